The van der Waals surface area contributed by atoms with Crippen LogP contribution in [-0.2, 0) is 0 Å². The lowest BCUT2D eigenvalue weighted by atomic mass is 10.8. The van der Waals surface area contributed by atoms with Crippen molar-refractivity contribution in [1.82, 2.24) is 0 Å². The van der Waals surface area contributed by atoms with E-state index in [0.29, 0.717) is 0 Å². The van der Waals surface area contributed by atoms with Crippen LogP contribution in [0.4, 0.5) is 0 Å². The summed E-state index contributed by atoms with van der Waals surface area (Å²) in [5, 5.41) is 0.764. The zero-order valence-electron chi connectivity index (χ0n) is 2.36. The average Bonchev–Trinajstić information content (AvgIpc) is 1.37. The normalized spacial score (nSPS) is 4.75. The van der Waals surface area contributed by atoms with Gasteiger partial charge in [0.2, 0.25) is 0 Å². The van der Waals surface area contributed by atoms with E-state index < -0.39 is 0 Å². The zero-order chi connectivity index (χ0) is 3.41. The van der Waals surface area contributed by atoms with Crippen LogP contribution < -0.4 is 0 Å². The zero-order valence-corrected chi connectivity index (χ0v) is 3.52. The highest BCUT2D eigenvalue weighted by Crippen LogP contribution is 1.52. The van der Waals surface area contributed by atoms with Crippen LogP contribution in [0.25, 0.3) is 0 Å². The molecule has 18 valence electrons. The molecular formula is C3H3Al. The fourth-order valence-electron chi connectivity index (χ4n) is 0. The molecule has 2 radical (unpaired) electrons. The van der Waals surface area contributed by atoms with Crippen LogP contribution in [0.1, 0.15) is 0 Å². The molecule has 0 aromatic carbocycles. The van der Waals surface area contributed by atoms with Crippen molar-refractivity contribution in [2.24, 2.45) is 0 Å². The van der Waals surface area contributed by atoms with Crippen LogP contribution in [0.2, 0.25) is 5.28 Å². The molecule has 0 N–H and O–H groups in total. The lowest BCUT2D eigenvalue weighted by Crippen LogP contribution is -1.48. The summed E-state index contributed by atoms with van der Waals surface area (Å²) in [7, 11) is 0. The van der Waals surface area contributed by atoms with Gasteiger partial charge in [-0.1, -0.05) is 5.28 Å². The summed E-state index contributed by atoms with van der Waals surface area (Å²) in [6.45, 7) is 0. The first kappa shape index (κ1) is 4.09. The van der Waals surface area contributed by atoms with Crippen LogP contribution in [-0.4, -0.2) is 16.3 Å². The highest BCUT2D eigenvalue weighted by atomic mass is 27.0. The molecule has 0 aliphatic carbocycles. The van der Waals surface area contributed by atoms with Crippen LogP contribution in [0.15, 0.2) is 0 Å². The Bertz CT molecular complexity index is 33.0. The number of hydrogen-bond donors (Lipinski definition) is 0. The van der Waals surface area contributed by atoms with Gasteiger partial charge in [-0.25, -0.2) is 0 Å². The highest BCUT2D eigenvalue weighted by Gasteiger charge is 1.44. The molecule has 1 heteroatoms. The van der Waals surface area contributed by atoms with Crippen LogP contribution in [0.3, 0.4) is 0 Å². The first-order chi connectivity index (χ1) is 1.91. The van der Waals surface area contributed by atoms with Gasteiger partial charge in [0.1, 0.15) is 16.3 Å². The second kappa shape index (κ2) is 3.09. The summed E-state index contributed by atoms with van der Waals surface area (Å²) >= 11 is 2.42. The third-order valence-corrected chi connectivity index (χ3v) is 0.354. The van der Waals surface area contributed by atoms with Crippen LogP contribution in [0.5, 0.6) is 0 Å². The molecule has 0 amide bonds. The maximum Gasteiger partial charge on any atom is 0.139 e. The first-order valence-corrected chi connectivity index (χ1v) is 1.87. The van der Waals surface area contributed by atoms with Gasteiger partial charge in [0.15, 0.2) is 0 Å². The van der Waals surface area contributed by atoms with Crippen molar-refractivity contribution in [1.29, 1.82) is 0 Å². The van der Waals surface area contributed by atoms with Gasteiger partial charge < -0.3 is 0 Å². The molecule has 0 fully saturated rings. The molecule has 0 saturated carbocycles. The number of hydrogen-bond acceptors (Lipinski definition) is 0. The van der Waals surface area contributed by atoms with E-state index in [1.165, 1.54) is 0 Å². The minimum atomic E-state index is 0.764. The van der Waals surface area contributed by atoms with Gasteiger partial charge >= 0.3 is 0 Å². The monoisotopic (exact) mass is 66.0 g/mol. The summed E-state index contributed by atoms with van der Waals surface area (Å²) in [5.41, 5.74) is 0. The fraction of sp³-hybridized carbons (Fsp3) is 0.333. The Morgan fingerprint density at radius 3 is 2.25 bits per heavy atom. The molecule has 0 unspecified atom stereocenters. The van der Waals surface area contributed by atoms with Gasteiger partial charge in [-0.05, 0) is 0 Å². The predicted molar refractivity (Wildman–Crippen MR) is 19.4 cm³/mol. The Balaban J connectivity index is 2.43. The smallest absolute Gasteiger partial charge is 0.124 e. The van der Waals surface area contributed by atoms with Gasteiger partial charge in [-0.2, -0.15) is 0 Å². The topological polar surface area (TPSA) is 0 Å². The van der Waals surface area contributed by atoms with Crippen molar-refractivity contribution in [3.63, 3.8) is 0 Å². The van der Waals surface area contributed by atoms with E-state index in [9.17, 15) is 0 Å². The molecule has 0 spiro atoms. The Morgan fingerprint density at radius 2 is 2.25 bits per heavy atom. The molecule has 0 saturated heterocycles. The van der Waals surface area contributed by atoms with E-state index >= 15 is 0 Å². The van der Waals surface area contributed by atoms with E-state index in [0.717, 1.165) is 5.28 Å². The summed E-state index contributed by atoms with van der Waals surface area (Å²) in [6.07, 6.45) is 4.76. The van der Waals surface area contributed by atoms with E-state index in [-0.39, 0.29) is 0 Å². The Hall–Kier alpha value is 0.0925. The lowest BCUT2D eigenvalue weighted by molar-refractivity contribution is 1.89. The molecule has 0 aliphatic rings. The molecule has 0 rings (SSSR count). The fourth-order valence-corrected chi connectivity index (χ4v) is 0. The number of rotatable bonds is 0. The predicted octanol–water partition coefficient (Wildman–Crippen LogP) is 0.206. The average molecular weight is 66.0 g/mol. The van der Waals surface area contributed by atoms with Gasteiger partial charge in [-0.3, -0.25) is 0 Å². The first-order valence-electron chi connectivity index (χ1n) is 1.05. The van der Waals surface area contributed by atoms with Gasteiger partial charge in [0.25, 0.3) is 0 Å². The Labute approximate surface area is 34.6 Å². The highest BCUT2D eigenvalue weighted by molar-refractivity contribution is 6.10. The Kier molecular flexibility index (Phi) is 3.16. The van der Waals surface area contributed by atoms with Crippen molar-refractivity contribution in [3.05, 3.63) is 0 Å². The Morgan fingerprint density at radius 1 is 2.00 bits per heavy atom. The summed E-state index contributed by atoms with van der Waals surface area (Å²) in [4.78, 5) is 0. The molecule has 4 heavy (non-hydrogen) atoms. The van der Waals surface area contributed by atoms with Crippen molar-refractivity contribution in [3.8, 4) is 12.3 Å². The lowest BCUT2D eigenvalue weighted by Gasteiger charge is -1.52. The second-order valence-electron chi connectivity index (χ2n) is 0.408. The van der Waals surface area contributed by atoms with Crippen LogP contribution >= 0.6 is 0 Å². The van der Waals surface area contributed by atoms with E-state index in [1.807, 2.05) is 0 Å². The molecule has 0 bridgehead atoms. The largest absolute Gasteiger partial charge is 0.139 e. The quantitative estimate of drug-likeness (QED) is 0.280. The second-order valence-corrected chi connectivity index (χ2v) is 0.816. The van der Waals surface area contributed by atoms with E-state index in [4.69, 9.17) is 6.42 Å². The van der Waals surface area contributed by atoms with Crippen molar-refractivity contribution < 1.29 is 0 Å². The standard InChI is InChI=1S/C3H3.Al/c1-3-2;/h1H,2H2;. The maximum absolute atomic E-state index is 4.76. The summed E-state index contributed by atoms with van der Waals surface area (Å²) in [5.74, 6) is 2.39. The third kappa shape index (κ3) is 2.09. The molecule has 0 atom stereocenters. The van der Waals surface area contributed by atoms with Crippen LogP contribution in [0, 0.1) is 12.3 Å². The van der Waals surface area contributed by atoms with Crippen molar-refractivity contribution in [2.75, 3.05) is 0 Å². The maximum atomic E-state index is 4.76. The molecule has 0 aromatic rings. The summed E-state index contributed by atoms with van der Waals surface area (Å²) in [6, 6.07) is 0. The number of terminal acetylenes is 1. The minimum Gasteiger partial charge on any atom is -0.124 e. The molecule has 0 nitrogen and oxygen atoms in total. The van der Waals surface area contributed by atoms with Gasteiger partial charge in [-0.15, -0.1) is 12.3 Å². The SMILES string of the molecule is C#C[CH2][Al]. The van der Waals surface area contributed by atoms with Crippen molar-refractivity contribution in [2.45, 2.75) is 5.28 Å². The van der Waals surface area contributed by atoms with Crippen molar-refractivity contribution >= 4 is 16.3 Å². The molecule has 0 heterocycles. The minimum absolute atomic E-state index is 0.764. The molecule has 0 aromatic heterocycles. The summed E-state index contributed by atoms with van der Waals surface area (Å²) < 4.78 is 0. The molecule has 0 aliphatic heterocycles. The third-order valence-electron chi connectivity index (χ3n) is 0.118. The van der Waals surface area contributed by atoms with Gasteiger partial charge in [0, 0.05) is 0 Å². The van der Waals surface area contributed by atoms with Gasteiger partial charge in [0.05, 0.1) is 0 Å². The van der Waals surface area contributed by atoms with E-state index in [2.05, 4.69) is 22.2 Å². The molecular weight excluding hydrogens is 63.0 g/mol. The van der Waals surface area contributed by atoms with E-state index in [1.54, 1.807) is 0 Å².